The number of Topliss-reactive ketones (excluding diaryl/α,β-unsaturated/α-hetero) is 1. The lowest BCUT2D eigenvalue weighted by atomic mass is 9.81. The average Bonchev–Trinajstić information content (AvgIpc) is 3.65. The summed E-state index contributed by atoms with van der Waals surface area (Å²) in [5.41, 5.74) is -1.04. The van der Waals surface area contributed by atoms with Crippen molar-refractivity contribution in [2.75, 3.05) is 20.7 Å². The first kappa shape index (κ1) is 49.0. The fraction of sp³-hybridized carbons (Fsp3) is 0.636. The molecule has 340 valence electrons. The largest absolute Gasteiger partial charge is 0.478 e. The van der Waals surface area contributed by atoms with Gasteiger partial charge in [-0.3, -0.25) is 38.5 Å². The van der Waals surface area contributed by atoms with Gasteiger partial charge in [-0.2, -0.15) is 0 Å². The molecule has 1 aromatic rings. The smallest absolute Gasteiger partial charge is 0.337 e. The van der Waals surface area contributed by atoms with E-state index in [0.717, 1.165) is 68.5 Å². The lowest BCUT2D eigenvalue weighted by Crippen LogP contribution is -2.62. The number of carboxylic acids is 1. The molecular weight excluding hydrogens is 803 g/mol. The fourth-order valence-electron chi connectivity index (χ4n) is 8.56. The number of likely N-dealkylation sites (N-methyl/N-ethyl adjacent to an activating group) is 1. The third kappa shape index (κ3) is 13.7. The molecule has 6 amide bonds. The number of carbonyl (C=O) groups is 9. The van der Waals surface area contributed by atoms with Crippen LogP contribution >= 0.6 is 0 Å². The molecule has 0 aromatic carbocycles. The zero-order valence-corrected chi connectivity index (χ0v) is 36.5. The van der Waals surface area contributed by atoms with E-state index >= 15 is 0 Å². The van der Waals surface area contributed by atoms with E-state index in [4.69, 9.17) is 0 Å². The van der Waals surface area contributed by atoms with Gasteiger partial charge in [0.25, 0.3) is 0 Å². The number of ether oxygens (including phenoxy) is 1. The lowest BCUT2D eigenvalue weighted by molar-refractivity contribution is -0.145. The van der Waals surface area contributed by atoms with Gasteiger partial charge < -0.3 is 41.3 Å². The minimum atomic E-state index is -1.32. The van der Waals surface area contributed by atoms with Crippen LogP contribution in [0.25, 0.3) is 0 Å². The summed E-state index contributed by atoms with van der Waals surface area (Å²) in [4.78, 5) is 125. The average molecular weight is 866 g/mol. The molecule has 4 rings (SSSR count). The number of aromatic nitrogens is 1. The highest BCUT2D eigenvalue weighted by Crippen LogP contribution is 2.30. The van der Waals surface area contributed by atoms with E-state index < -0.39 is 95.8 Å². The molecule has 18 nitrogen and oxygen atoms in total. The molecule has 1 aliphatic heterocycles. The van der Waals surface area contributed by atoms with Crippen LogP contribution in [0.5, 0.6) is 0 Å². The molecule has 18 heteroatoms. The van der Waals surface area contributed by atoms with E-state index in [2.05, 4.69) is 36.3 Å². The van der Waals surface area contributed by atoms with Crippen LogP contribution in [0.4, 0.5) is 0 Å². The van der Waals surface area contributed by atoms with Gasteiger partial charge in [0.2, 0.25) is 35.4 Å². The van der Waals surface area contributed by atoms with Gasteiger partial charge in [-0.05, 0) is 67.4 Å². The zero-order valence-electron chi connectivity index (χ0n) is 36.5. The predicted octanol–water partition coefficient (Wildman–Crippen LogP) is 1.89. The Hall–Kier alpha value is -5.68. The summed E-state index contributed by atoms with van der Waals surface area (Å²) in [6.45, 7) is 4.64. The standard InChI is InChI=1S/C44H63N7O11/c1-44(2,3)37(50-38(55)31(18-12-13-19-34(54)62-5)47-33(53)22-28-20-21-46-24-30(28)43(60)61)42(59)51-25-29(52)23-32(51)39(56)48-36(27-16-10-7-11-17-27)41(58)49-35(40(57)45-4)26-14-8-6-9-15-26/h13,19-21,24,26-27,31-32,35-37H,6-12,14-18,22-23,25H2,1-5H3,(H,45,57)(H,47,53)(H,48,56)(H,49,58)(H,50,55)(H,60,61)/b19-13+/t31-,32-,35-,36-,37+/m0/s1. The Kier molecular flexibility index (Phi) is 18.1. The number of carboxylic acid groups (broad SMARTS) is 1. The van der Waals surface area contributed by atoms with Gasteiger partial charge in [-0.25, -0.2) is 9.59 Å². The normalized spacial score (nSPS) is 19.4. The number of aromatic carboxylic acids is 1. The number of carbonyl (C=O) groups excluding carboxylic acids is 8. The van der Waals surface area contributed by atoms with Crippen molar-refractivity contribution < 1.29 is 53.0 Å². The van der Waals surface area contributed by atoms with E-state index in [9.17, 15) is 48.3 Å². The molecular formula is C44H63N7O11. The second kappa shape index (κ2) is 23.0. The molecule has 2 saturated carbocycles. The first-order valence-electron chi connectivity index (χ1n) is 21.6. The number of amides is 6. The summed E-state index contributed by atoms with van der Waals surface area (Å²) in [5.74, 6) is -6.35. The van der Waals surface area contributed by atoms with Crippen LogP contribution in [-0.4, -0.2) is 119 Å². The molecule has 2 aliphatic carbocycles. The summed E-state index contributed by atoms with van der Waals surface area (Å²) >= 11 is 0. The summed E-state index contributed by atoms with van der Waals surface area (Å²) in [5, 5.41) is 23.4. The SMILES string of the molecule is CNC(=O)[C@@H](NC(=O)[C@@H](NC(=O)[C@@H]1CC(=O)CN1C(=O)[C@@H](NC(=O)[C@H](CC/C=C/C(=O)OC)NC(=O)Cc1ccncc1C(=O)O)C(C)(C)C)C1CCCCC1)C1CCCCC1. The van der Waals surface area contributed by atoms with Crippen LogP contribution in [0.3, 0.4) is 0 Å². The maximum atomic E-state index is 14.5. The van der Waals surface area contributed by atoms with Gasteiger partial charge in [0.05, 0.1) is 25.6 Å². The molecule has 2 heterocycles. The van der Waals surface area contributed by atoms with Gasteiger partial charge in [0, 0.05) is 31.9 Å². The fourth-order valence-corrected chi connectivity index (χ4v) is 8.56. The van der Waals surface area contributed by atoms with E-state index in [1.165, 1.54) is 32.5 Å². The van der Waals surface area contributed by atoms with Crippen molar-refractivity contribution in [3.63, 3.8) is 0 Å². The van der Waals surface area contributed by atoms with E-state index in [1.807, 2.05) is 0 Å². The van der Waals surface area contributed by atoms with Crippen molar-refractivity contribution in [2.45, 2.75) is 141 Å². The second-order valence-electron chi connectivity index (χ2n) is 17.6. The lowest BCUT2D eigenvalue weighted by Gasteiger charge is -2.37. The van der Waals surface area contributed by atoms with Crippen LogP contribution in [-0.2, 0) is 49.5 Å². The zero-order chi connectivity index (χ0) is 45.6. The minimum absolute atomic E-state index is 0.0440. The number of nitrogens with zero attached hydrogens (tertiary/aromatic N) is 2. The number of methoxy groups -OCH3 is 1. The second-order valence-corrected chi connectivity index (χ2v) is 17.6. The van der Waals surface area contributed by atoms with E-state index in [0.29, 0.717) is 12.8 Å². The third-order valence-corrected chi connectivity index (χ3v) is 12.0. The molecule has 1 saturated heterocycles. The summed E-state index contributed by atoms with van der Waals surface area (Å²) in [6, 6.07) is -4.33. The van der Waals surface area contributed by atoms with Gasteiger partial charge in [-0.15, -0.1) is 0 Å². The molecule has 1 aromatic heterocycles. The van der Waals surface area contributed by atoms with Gasteiger partial charge >= 0.3 is 11.9 Å². The molecule has 3 aliphatic rings. The number of hydrogen-bond donors (Lipinski definition) is 6. The Bertz CT molecular complexity index is 1850. The number of esters is 1. The highest BCUT2D eigenvalue weighted by atomic mass is 16.5. The van der Waals surface area contributed by atoms with Crippen molar-refractivity contribution in [3.8, 4) is 0 Å². The summed E-state index contributed by atoms with van der Waals surface area (Å²) < 4.78 is 4.62. The number of hydrogen-bond acceptors (Lipinski definition) is 11. The molecule has 0 unspecified atom stereocenters. The Morgan fingerprint density at radius 1 is 0.871 bits per heavy atom. The van der Waals surface area contributed by atoms with Crippen LogP contribution in [0.2, 0.25) is 0 Å². The molecule has 0 radical (unpaired) electrons. The topological polar surface area (TPSA) is 259 Å². The number of rotatable bonds is 18. The van der Waals surface area contributed by atoms with Crippen molar-refractivity contribution in [2.24, 2.45) is 17.3 Å². The summed E-state index contributed by atoms with van der Waals surface area (Å²) in [6.07, 6.45) is 12.9. The molecule has 5 atom stereocenters. The van der Waals surface area contributed by atoms with Crippen molar-refractivity contribution in [1.29, 1.82) is 0 Å². The van der Waals surface area contributed by atoms with Gasteiger partial charge in [0.1, 0.15) is 30.2 Å². The van der Waals surface area contributed by atoms with Crippen molar-refractivity contribution >= 4 is 53.2 Å². The van der Waals surface area contributed by atoms with Crippen LogP contribution in [0.15, 0.2) is 30.6 Å². The van der Waals surface area contributed by atoms with Crippen LogP contribution < -0.4 is 26.6 Å². The minimum Gasteiger partial charge on any atom is -0.478 e. The van der Waals surface area contributed by atoms with Crippen LogP contribution in [0.1, 0.15) is 120 Å². The quantitative estimate of drug-likeness (QED) is 0.0914. The predicted molar refractivity (Wildman–Crippen MR) is 225 cm³/mol. The molecule has 0 spiro atoms. The first-order chi connectivity index (χ1) is 29.4. The summed E-state index contributed by atoms with van der Waals surface area (Å²) in [7, 11) is 2.72. The molecule has 6 N–H and O–H groups in total. The Balaban J connectivity index is 1.56. The Morgan fingerprint density at radius 3 is 2.05 bits per heavy atom. The number of nitrogens with one attached hydrogen (secondary N) is 5. The highest BCUT2D eigenvalue weighted by molar-refractivity contribution is 6.02. The van der Waals surface area contributed by atoms with Gasteiger partial charge in [0.15, 0.2) is 5.78 Å². The van der Waals surface area contributed by atoms with E-state index in [1.54, 1.807) is 20.8 Å². The molecule has 0 bridgehead atoms. The monoisotopic (exact) mass is 865 g/mol. The van der Waals surface area contributed by atoms with Crippen molar-refractivity contribution in [3.05, 3.63) is 41.7 Å². The first-order valence-corrected chi connectivity index (χ1v) is 21.6. The Morgan fingerprint density at radius 2 is 1.48 bits per heavy atom. The maximum Gasteiger partial charge on any atom is 0.337 e. The van der Waals surface area contributed by atoms with E-state index in [-0.39, 0.29) is 48.1 Å². The number of allylic oxidation sites excluding steroid dienone is 1. The molecule has 3 fully saturated rings. The van der Waals surface area contributed by atoms with Crippen LogP contribution in [0, 0.1) is 17.3 Å². The van der Waals surface area contributed by atoms with Gasteiger partial charge in [-0.1, -0.05) is 65.4 Å². The number of ketones is 1. The highest BCUT2D eigenvalue weighted by Gasteiger charge is 2.46. The van der Waals surface area contributed by atoms with Crippen molar-refractivity contribution in [1.82, 2.24) is 36.5 Å². The Labute approximate surface area is 362 Å². The third-order valence-electron chi connectivity index (χ3n) is 12.0. The number of likely N-dealkylation sites (tertiary alicyclic amines) is 1. The molecule has 62 heavy (non-hydrogen) atoms. The maximum absolute atomic E-state index is 14.5. The number of pyridine rings is 1.